The molecular formula is C16H16N4O2. The highest BCUT2D eigenvalue weighted by Crippen LogP contribution is 2.16. The normalized spacial score (nSPS) is 16.6. The molecule has 0 radical (unpaired) electrons. The van der Waals surface area contributed by atoms with E-state index in [9.17, 15) is 10.2 Å². The van der Waals surface area contributed by atoms with E-state index in [1.165, 1.54) is 0 Å². The SMILES string of the molecule is OC(C1=NNC(C(O)c2ccccc2)=NN1)c1ccccc1. The summed E-state index contributed by atoms with van der Waals surface area (Å²) < 4.78 is 0. The number of nitrogens with zero attached hydrogens (tertiary/aromatic N) is 2. The molecule has 0 aliphatic carbocycles. The van der Waals surface area contributed by atoms with Crippen molar-refractivity contribution in [2.24, 2.45) is 10.2 Å². The highest BCUT2D eigenvalue weighted by molar-refractivity contribution is 5.95. The maximum atomic E-state index is 10.2. The van der Waals surface area contributed by atoms with Crippen molar-refractivity contribution in [3.63, 3.8) is 0 Å². The average molecular weight is 296 g/mol. The van der Waals surface area contributed by atoms with Gasteiger partial charge in [0, 0.05) is 0 Å². The fourth-order valence-electron chi connectivity index (χ4n) is 2.12. The largest absolute Gasteiger partial charge is 0.380 e. The highest BCUT2D eigenvalue weighted by Gasteiger charge is 2.22. The van der Waals surface area contributed by atoms with E-state index in [1.54, 1.807) is 24.3 Å². The fraction of sp³-hybridized carbons (Fsp3) is 0.125. The van der Waals surface area contributed by atoms with Gasteiger partial charge in [-0.05, 0) is 11.1 Å². The second kappa shape index (κ2) is 6.38. The van der Waals surface area contributed by atoms with Crippen LogP contribution in [0, 0.1) is 0 Å². The Bertz CT molecular complexity index is 624. The van der Waals surface area contributed by atoms with Crippen LogP contribution in [-0.2, 0) is 0 Å². The van der Waals surface area contributed by atoms with Gasteiger partial charge >= 0.3 is 0 Å². The number of rotatable bonds is 4. The molecule has 2 unspecified atom stereocenters. The maximum Gasteiger partial charge on any atom is 0.176 e. The minimum Gasteiger partial charge on any atom is -0.380 e. The number of hydrazone groups is 2. The first-order valence-corrected chi connectivity index (χ1v) is 6.89. The molecule has 22 heavy (non-hydrogen) atoms. The number of aliphatic hydroxyl groups excluding tert-OH is 2. The van der Waals surface area contributed by atoms with Gasteiger partial charge in [-0.15, -0.1) is 0 Å². The van der Waals surface area contributed by atoms with Gasteiger partial charge in [-0.1, -0.05) is 60.7 Å². The summed E-state index contributed by atoms with van der Waals surface area (Å²) in [4.78, 5) is 0. The smallest absolute Gasteiger partial charge is 0.176 e. The lowest BCUT2D eigenvalue weighted by Gasteiger charge is -2.21. The van der Waals surface area contributed by atoms with E-state index in [2.05, 4.69) is 21.1 Å². The van der Waals surface area contributed by atoms with Gasteiger partial charge < -0.3 is 10.2 Å². The lowest BCUT2D eigenvalue weighted by molar-refractivity contribution is 0.234. The van der Waals surface area contributed by atoms with Crippen molar-refractivity contribution in [2.75, 3.05) is 0 Å². The third-order valence-corrected chi connectivity index (χ3v) is 3.33. The summed E-state index contributed by atoms with van der Waals surface area (Å²) >= 11 is 0. The second-order valence-corrected chi connectivity index (χ2v) is 4.84. The van der Waals surface area contributed by atoms with Crippen LogP contribution in [0.15, 0.2) is 70.9 Å². The number of nitrogens with one attached hydrogen (secondary N) is 2. The van der Waals surface area contributed by atoms with Crippen LogP contribution >= 0.6 is 0 Å². The predicted octanol–water partition coefficient (Wildman–Crippen LogP) is 1.27. The molecule has 1 aliphatic heterocycles. The van der Waals surface area contributed by atoms with Crippen molar-refractivity contribution in [1.29, 1.82) is 0 Å². The Kier molecular flexibility index (Phi) is 4.13. The summed E-state index contributed by atoms with van der Waals surface area (Å²) in [5.41, 5.74) is 6.78. The number of hydrogen-bond acceptors (Lipinski definition) is 6. The summed E-state index contributed by atoms with van der Waals surface area (Å²) in [6.45, 7) is 0. The van der Waals surface area contributed by atoms with Gasteiger partial charge in [0.15, 0.2) is 11.7 Å². The lowest BCUT2D eigenvalue weighted by Crippen LogP contribution is -2.39. The van der Waals surface area contributed by atoms with E-state index in [0.717, 1.165) is 0 Å². The van der Waals surface area contributed by atoms with Gasteiger partial charge in [0.1, 0.15) is 12.2 Å². The summed E-state index contributed by atoms with van der Waals surface area (Å²) in [5, 5.41) is 28.5. The van der Waals surface area contributed by atoms with Crippen molar-refractivity contribution in [1.82, 2.24) is 10.9 Å². The molecular weight excluding hydrogens is 280 g/mol. The Labute approximate surface area is 127 Å². The van der Waals surface area contributed by atoms with Gasteiger partial charge in [0.2, 0.25) is 0 Å². The van der Waals surface area contributed by atoms with Gasteiger partial charge in [0.25, 0.3) is 0 Å². The molecule has 0 aromatic heterocycles. The molecule has 0 amide bonds. The highest BCUT2D eigenvalue weighted by atomic mass is 16.3. The van der Waals surface area contributed by atoms with E-state index >= 15 is 0 Å². The monoisotopic (exact) mass is 296 g/mol. The lowest BCUT2D eigenvalue weighted by atomic mass is 10.1. The maximum absolute atomic E-state index is 10.2. The minimum absolute atomic E-state index is 0.273. The molecule has 0 saturated carbocycles. The van der Waals surface area contributed by atoms with E-state index in [4.69, 9.17) is 0 Å². The minimum atomic E-state index is -0.909. The molecule has 3 rings (SSSR count). The van der Waals surface area contributed by atoms with Crippen LogP contribution in [0.2, 0.25) is 0 Å². The quantitative estimate of drug-likeness (QED) is 0.684. The molecule has 4 N–H and O–H groups in total. The molecule has 0 bridgehead atoms. The Balaban J connectivity index is 1.69. The molecule has 0 spiro atoms. The van der Waals surface area contributed by atoms with Crippen LogP contribution in [0.4, 0.5) is 0 Å². The van der Waals surface area contributed by atoms with E-state index in [1.807, 2.05) is 36.4 Å². The topological polar surface area (TPSA) is 89.2 Å². The zero-order chi connectivity index (χ0) is 15.4. The first-order chi connectivity index (χ1) is 10.8. The van der Waals surface area contributed by atoms with Gasteiger partial charge in [-0.3, -0.25) is 10.9 Å². The summed E-state index contributed by atoms with van der Waals surface area (Å²) in [6.07, 6.45) is -1.82. The zero-order valence-corrected chi connectivity index (χ0v) is 11.7. The third-order valence-electron chi connectivity index (χ3n) is 3.33. The number of amidine groups is 2. The van der Waals surface area contributed by atoms with Crippen LogP contribution in [0.1, 0.15) is 23.3 Å². The number of benzene rings is 2. The van der Waals surface area contributed by atoms with Crippen LogP contribution in [0.3, 0.4) is 0 Å². The van der Waals surface area contributed by atoms with Crippen LogP contribution in [0.25, 0.3) is 0 Å². The first kappa shape index (κ1) is 14.2. The third kappa shape index (κ3) is 2.98. The first-order valence-electron chi connectivity index (χ1n) is 6.89. The van der Waals surface area contributed by atoms with Gasteiger partial charge in [-0.25, -0.2) is 0 Å². The molecule has 1 aliphatic rings. The van der Waals surface area contributed by atoms with Crippen molar-refractivity contribution >= 4 is 11.7 Å². The standard InChI is InChI=1S/C16H16N4O2/c21-13(11-7-3-1-4-8-11)15-17-19-16(20-18-15)14(22)12-9-5-2-6-10-12/h1-10,13-14,21-22H,(H,17,18)(H,19,20). The van der Waals surface area contributed by atoms with Crippen LogP contribution in [-0.4, -0.2) is 21.9 Å². The number of hydrogen-bond donors (Lipinski definition) is 4. The van der Waals surface area contributed by atoms with Crippen molar-refractivity contribution in [3.8, 4) is 0 Å². The van der Waals surface area contributed by atoms with Crippen molar-refractivity contribution in [2.45, 2.75) is 12.2 Å². The van der Waals surface area contributed by atoms with Gasteiger partial charge in [0.05, 0.1) is 0 Å². The molecule has 2 aromatic carbocycles. The van der Waals surface area contributed by atoms with E-state index in [-0.39, 0.29) is 11.7 Å². The Morgan fingerprint density at radius 2 is 1.00 bits per heavy atom. The summed E-state index contributed by atoms with van der Waals surface area (Å²) in [5.74, 6) is 0.547. The fourth-order valence-corrected chi connectivity index (χ4v) is 2.12. The molecule has 0 fully saturated rings. The van der Waals surface area contributed by atoms with E-state index < -0.39 is 12.2 Å². The zero-order valence-electron chi connectivity index (χ0n) is 11.7. The second-order valence-electron chi connectivity index (χ2n) is 4.84. The number of aliphatic hydroxyl groups is 2. The van der Waals surface area contributed by atoms with E-state index in [0.29, 0.717) is 11.1 Å². The Morgan fingerprint density at radius 3 is 1.32 bits per heavy atom. The summed E-state index contributed by atoms with van der Waals surface area (Å²) in [7, 11) is 0. The Hall–Kier alpha value is -2.70. The molecule has 0 saturated heterocycles. The van der Waals surface area contributed by atoms with Crippen molar-refractivity contribution in [3.05, 3.63) is 71.8 Å². The molecule has 2 aromatic rings. The van der Waals surface area contributed by atoms with Crippen LogP contribution < -0.4 is 10.9 Å². The Morgan fingerprint density at radius 1 is 0.636 bits per heavy atom. The molecule has 112 valence electrons. The molecule has 6 heteroatoms. The molecule has 6 nitrogen and oxygen atoms in total. The average Bonchev–Trinajstić information content (AvgIpc) is 2.62. The van der Waals surface area contributed by atoms with Crippen molar-refractivity contribution < 1.29 is 10.2 Å². The molecule has 1 heterocycles. The predicted molar refractivity (Wildman–Crippen MR) is 83.9 cm³/mol. The summed E-state index contributed by atoms with van der Waals surface area (Å²) in [6, 6.07) is 18.3. The molecule has 2 atom stereocenters. The van der Waals surface area contributed by atoms with Crippen LogP contribution in [0.5, 0.6) is 0 Å². The van der Waals surface area contributed by atoms with Gasteiger partial charge in [-0.2, -0.15) is 10.2 Å².